The summed E-state index contributed by atoms with van der Waals surface area (Å²) in [4.78, 5) is 0. The fraction of sp³-hybridized carbons (Fsp3) is 0. The topological polar surface area (TPSA) is 0 Å². The zero-order valence-corrected chi connectivity index (χ0v) is 12.8. The van der Waals surface area contributed by atoms with Crippen molar-refractivity contribution in [3.63, 3.8) is 0 Å². The van der Waals surface area contributed by atoms with E-state index in [-0.39, 0.29) is 0 Å². The van der Waals surface area contributed by atoms with E-state index in [0.29, 0.717) is 5.79 Å². The van der Waals surface area contributed by atoms with Gasteiger partial charge >= 0.3 is 0 Å². The van der Waals surface area contributed by atoms with Crippen LogP contribution in [0.2, 0.25) is 0 Å². The van der Waals surface area contributed by atoms with Crippen molar-refractivity contribution in [2.75, 3.05) is 0 Å². The Balaban J connectivity index is 2.99. The van der Waals surface area contributed by atoms with Gasteiger partial charge in [0.2, 0.25) is 0 Å². The first-order valence-corrected chi connectivity index (χ1v) is 15.4. The van der Waals surface area contributed by atoms with Gasteiger partial charge in [0.25, 0.3) is 0 Å². The van der Waals surface area contributed by atoms with E-state index in [0.717, 1.165) is 0 Å². The van der Waals surface area contributed by atoms with Crippen LogP contribution in [-0.2, 0) is 0 Å². The summed E-state index contributed by atoms with van der Waals surface area (Å²) in [5.74, 6) is 0. The van der Waals surface area contributed by atoms with Crippen LogP contribution in [0.1, 0.15) is 0 Å². The third kappa shape index (κ3) is 5.91. The molecule has 0 rings (SSSR count). The molecule has 0 nitrogen and oxygen atoms in total. The largest absolute Gasteiger partial charge is 0.0694 e. The third-order valence-electron chi connectivity index (χ3n) is 0.114. The van der Waals surface area contributed by atoms with E-state index in [1.54, 1.807) is 0 Å². The fourth-order valence-electron chi connectivity index (χ4n) is 0. The highest BCUT2D eigenvalue weighted by atomic mass is 127. The van der Waals surface area contributed by atoms with Gasteiger partial charge in [-0.15, -0.1) is 0 Å². The number of halogens is 4. The minimum absolute atomic E-state index is 0.319. The zero-order chi connectivity index (χ0) is 5.15. The lowest BCUT2D eigenvalue weighted by atomic mass is 30.0. The van der Waals surface area contributed by atoms with Gasteiger partial charge in [-0.2, -0.15) is 0 Å². The van der Waals surface area contributed by atoms with Gasteiger partial charge in [-0.25, -0.2) is 0 Å². The molecule has 0 aliphatic rings. The van der Waals surface area contributed by atoms with E-state index in [1.165, 1.54) is 0 Å². The van der Waals surface area contributed by atoms with E-state index < -0.39 is 0 Å². The van der Waals surface area contributed by atoms with Gasteiger partial charge in [0, 0.05) is 0 Å². The maximum Gasteiger partial charge on any atom is 0.0694 e. The predicted molar refractivity (Wildman–Crippen MR) is 69.9 cm³/mol. The Labute approximate surface area is 91.7 Å². The lowest BCUT2D eigenvalue weighted by Gasteiger charge is -1.97. The first-order valence-electron chi connectivity index (χ1n) is 0.876. The van der Waals surface area contributed by atoms with Crippen molar-refractivity contribution in [3.05, 3.63) is 0 Å². The third-order valence-corrected chi connectivity index (χ3v) is 46.3. The fourth-order valence-corrected chi connectivity index (χ4v) is 0. The van der Waals surface area contributed by atoms with Gasteiger partial charge in [-0.1, -0.05) is 0 Å². The van der Waals surface area contributed by atoms with Crippen LogP contribution >= 0.6 is 94.0 Å². The predicted octanol–water partition coefficient (Wildman–Crippen LogP) is 5.27. The van der Waals surface area contributed by atoms with Gasteiger partial charge < -0.3 is 0 Å². The molecule has 0 heterocycles. The molecule has 0 amide bonds. The minimum Gasteiger partial charge on any atom is -0.0347 e. The lowest BCUT2D eigenvalue weighted by Crippen LogP contribution is -1.13. The van der Waals surface area contributed by atoms with Gasteiger partial charge in [0.05, 0.1) is 5.79 Å². The molecular formula is I4P2. The highest BCUT2D eigenvalue weighted by Crippen LogP contribution is 2.87. The summed E-state index contributed by atoms with van der Waals surface area (Å²) < 4.78 is 0.637. The molecule has 0 radical (unpaired) electrons. The molecule has 6 heavy (non-hydrogen) atoms. The van der Waals surface area contributed by atoms with Crippen molar-refractivity contribution in [2.24, 2.45) is 0 Å². The molecule has 38 valence electrons. The summed E-state index contributed by atoms with van der Waals surface area (Å²) in [6.07, 6.45) is 0. The Morgan fingerprint density at radius 3 is 0.833 bits per heavy atom. The van der Waals surface area contributed by atoms with Crippen LogP contribution < -0.4 is 0 Å². The van der Waals surface area contributed by atoms with E-state index in [9.17, 15) is 0 Å². The average Bonchev–Trinajstić information content (AvgIpc) is 1.36. The molecule has 0 atom stereocenters. The first kappa shape index (κ1) is 9.78. The molecular weight excluding hydrogens is 570 g/mol. The highest BCUT2D eigenvalue weighted by molar-refractivity contribution is 14.3. The van der Waals surface area contributed by atoms with Gasteiger partial charge in [0.1, 0.15) is 0 Å². The highest BCUT2D eigenvalue weighted by Gasteiger charge is 2.04. The molecule has 0 bridgehead atoms. The normalized spacial score (nSPS) is 11.0. The Morgan fingerprint density at radius 2 is 0.833 bits per heavy atom. The quantitative estimate of drug-likeness (QED) is 0.299. The second-order valence-corrected chi connectivity index (χ2v) is 35.5. The Bertz CT molecular complexity index is 26.5. The van der Waals surface area contributed by atoms with Gasteiger partial charge in [0.15, 0.2) is 0 Å². The minimum atomic E-state index is 0.319. The van der Waals surface area contributed by atoms with E-state index >= 15 is 0 Å². The number of rotatable bonds is 1. The summed E-state index contributed by atoms with van der Waals surface area (Å²) in [6, 6.07) is 0. The van der Waals surface area contributed by atoms with Gasteiger partial charge in [-0.05, 0) is 88.2 Å². The van der Waals surface area contributed by atoms with Crippen LogP contribution in [0, 0.1) is 0 Å². The molecule has 0 fully saturated rings. The molecule has 0 aromatic carbocycles. The van der Waals surface area contributed by atoms with Crippen molar-refractivity contribution >= 4 is 94.0 Å². The van der Waals surface area contributed by atoms with Crippen molar-refractivity contribution in [2.45, 2.75) is 0 Å². The molecule has 0 aliphatic carbocycles. The molecule has 0 saturated heterocycles. The molecule has 6 heteroatoms. The number of hydrogen-bond acceptors (Lipinski definition) is 0. The molecule has 0 N–H and O–H groups in total. The van der Waals surface area contributed by atoms with Crippen LogP contribution in [0.4, 0.5) is 0 Å². The van der Waals surface area contributed by atoms with E-state index in [4.69, 9.17) is 0 Å². The molecule has 0 saturated carbocycles. The summed E-state index contributed by atoms with van der Waals surface area (Å²) in [6.45, 7) is 0. The summed E-state index contributed by atoms with van der Waals surface area (Å²) in [7, 11) is 0. The average molecular weight is 570 g/mol. The molecule has 0 aromatic heterocycles. The summed E-state index contributed by atoms with van der Waals surface area (Å²) in [5, 5.41) is 0. The molecule has 0 aliphatic heterocycles. The van der Waals surface area contributed by atoms with Crippen LogP contribution in [0.15, 0.2) is 0 Å². The maximum absolute atomic E-state index is 2.50. The molecule has 0 unspecified atom stereocenters. The monoisotopic (exact) mass is 570 g/mol. The summed E-state index contributed by atoms with van der Waals surface area (Å²) >= 11 is 9.99. The van der Waals surface area contributed by atoms with Crippen molar-refractivity contribution in [1.82, 2.24) is 0 Å². The Kier molecular flexibility index (Phi) is 9.06. The molecule has 0 aromatic rings. The van der Waals surface area contributed by atoms with Crippen LogP contribution in [0.3, 0.4) is 0 Å². The van der Waals surface area contributed by atoms with Crippen molar-refractivity contribution in [3.8, 4) is 0 Å². The standard InChI is InChI=1S/I4P2/c1-5(2)6(3)4. The van der Waals surface area contributed by atoms with Gasteiger partial charge in [-0.3, -0.25) is 0 Å². The second kappa shape index (κ2) is 5.56. The Hall–Kier alpha value is 3.78. The van der Waals surface area contributed by atoms with Crippen LogP contribution in [0.5, 0.6) is 0 Å². The number of hydrogen-bond donors (Lipinski definition) is 0. The first-order chi connectivity index (χ1) is 2.64. The smallest absolute Gasteiger partial charge is 0.0347 e. The lowest BCUT2D eigenvalue weighted by molar-refractivity contribution is 5.68. The van der Waals surface area contributed by atoms with Crippen molar-refractivity contribution in [1.29, 1.82) is 0 Å². The van der Waals surface area contributed by atoms with E-state index in [2.05, 4.69) is 88.2 Å². The summed E-state index contributed by atoms with van der Waals surface area (Å²) in [5.41, 5.74) is 0. The zero-order valence-electron chi connectivity index (χ0n) is 2.41. The Morgan fingerprint density at radius 1 is 0.667 bits per heavy atom. The van der Waals surface area contributed by atoms with Crippen LogP contribution in [-0.4, -0.2) is 0 Å². The second-order valence-electron chi connectivity index (χ2n) is 0.430. The molecule has 0 spiro atoms. The van der Waals surface area contributed by atoms with E-state index in [1.807, 2.05) is 0 Å². The maximum atomic E-state index is 2.50. The SMILES string of the molecule is IP(I)P(I)I. The van der Waals surface area contributed by atoms with Crippen LogP contribution in [0.25, 0.3) is 0 Å². The van der Waals surface area contributed by atoms with Crippen molar-refractivity contribution < 1.29 is 0 Å².